The van der Waals surface area contributed by atoms with Crippen LogP contribution in [0.2, 0.25) is 5.02 Å². The van der Waals surface area contributed by atoms with E-state index in [9.17, 15) is 14.4 Å². The summed E-state index contributed by atoms with van der Waals surface area (Å²) in [6, 6.07) is 7.50. The van der Waals surface area contributed by atoms with E-state index in [2.05, 4.69) is 15.9 Å². The maximum absolute atomic E-state index is 12.3. The van der Waals surface area contributed by atoms with Crippen LogP contribution in [-0.4, -0.2) is 38.2 Å². The van der Waals surface area contributed by atoms with Gasteiger partial charge in [-0.2, -0.15) is 0 Å². The van der Waals surface area contributed by atoms with E-state index in [0.29, 0.717) is 5.02 Å². The van der Waals surface area contributed by atoms with Crippen LogP contribution in [0.4, 0.5) is 4.79 Å². The molecule has 1 aromatic heterocycles. The van der Waals surface area contributed by atoms with Gasteiger partial charge in [0.25, 0.3) is 11.1 Å². The van der Waals surface area contributed by atoms with E-state index >= 15 is 0 Å². The molecule has 0 atom stereocenters. The van der Waals surface area contributed by atoms with Gasteiger partial charge >= 0.3 is 5.97 Å². The summed E-state index contributed by atoms with van der Waals surface area (Å²) in [6.45, 7) is 3.19. The van der Waals surface area contributed by atoms with Crippen LogP contribution >= 0.6 is 39.3 Å². The zero-order chi connectivity index (χ0) is 19.9. The van der Waals surface area contributed by atoms with Gasteiger partial charge in [-0.3, -0.25) is 19.3 Å². The summed E-state index contributed by atoms with van der Waals surface area (Å²) in [4.78, 5) is 36.0. The molecule has 9 heteroatoms. The Hall–Kier alpha value is -2.03. The van der Waals surface area contributed by atoms with Crippen molar-refractivity contribution >= 4 is 62.5 Å². The molecule has 140 valence electrons. The molecule has 3 rings (SSSR count). The lowest BCUT2D eigenvalue weighted by molar-refractivity contribution is -0.140. The Labute approximate surface area is 172 Å². The third-order valence-electron chi connectivity index (χ3n) is 4.09. The number of amides is 2. The van der Waals surface area contributed by atoms with Crippen LogP contribution in [0, 0.1) is 13.8 Å². The number of carbonyl (C=O) groups excluding carboxylic acids is 2. The molecule has 0 unspecified atom stereocenters. The van der Waals surface area contributed by atoms with Gasteiger partial charge in [-0.15, -0.1) is 0 Å². The quantitative estimate of drug-likeness (QED) is 0.660. The van der Waals surface area contributed by atoms with Crippen LogP contribution in [0.3, 0.4) is 0 Å². The lowest BCUT2D eigenvalue weighted by Gasteiger charge is -2.11. The fraction of sp³-hybridized carbons (Fsp3) is 0.167. The van der Waals surface area contributed by atoms with Gasteiger partial charge in [0.05, 0.1) is 9.93 Å². The lowest BCUT2D eigenvalue weighted by Crippen LogP contribution is -2.33. The second-order valence-electron chi connectivity index (χ2n) is 5.92. The van der Waals surface area contributed by atoms with Crippen molar-refractivity contribution in [3.63, 3.8) is 0 Å². The first-order valence-electron chi connectivity index (χ1n) is 7.80. The highest BCUT2D eigenvalue weighted by Crippen LogP contribution is 2.34. The van der Waals surface area contributed by atoms with Crippen molar-refractivity contribution in [1.29, 1.82) is 0 Å². The molecule has 27 heavy (non-hydrogen) atoms. The van der Waals surface area contributed by atoms with Crippen molar-refractivity contribution < 1.29 is 19.5 Å². The molecule has 6 nitrogen and oxygen atoms in total. The fourth-order valence-corrected chi connectivity index (χ4v) is 4.12. The first-order valence-corrected chi connectivity index (χ1v) is 9.79. The highest BCUT2D eigenvalue weighted by molar-refractivity contribution is 9.10. The number of aliphatic carboxylic acids is 1. The minimum absolute atomic E-state index is 0.204. The molecule has 0 aliphatic carbocycles. The SMILES string of the molecule is Cc1cc(/C=C2/SC(=O)N(CC(=O)O)C2=O)c(C)n1-c1ccc(Br)c(Cl)c1. The summed E-state index contributed by atoms with van der Waals surface area (Å²) in [5, 5.41) is 8.84. The molecule has 1 aromatic carbocycles. The van der Waals surface area contributed by atoms with Crippen molar-refractivity contribution in [3.8, 4) is 5.69 Å². The van der Waals surface area contributed by atoms with Crippen LogP contribution in [0.1, 0.15) is 17.0 Å². The largest absolute Gasteiger partial charge is 0.480 e. The Morgan fingerprint density at radius 1 is 1.30 bits per heavy atom. The molecule has 1 aliphatic heterocycles. The molecule has 1 N–H and O–H groups in total. The second kappa shape index (κ2) is 7.53. The standard InChI is InChI=1S/C18H14BrClN2O4S/c1-9-5-11(6-15-17(25)21(8-16(23)24)18(26)27-15)10(2)22(9)12-3-4-13(19)14(20)7-12/h3-7H,8H2,1-2H3,(H,23,24)/b15-6+. The summed E-state index contributed by atoms with van der Waals surface area (Å²) < 4.78 is 2.79. The molecule has 0 bridgehead atoms. The highest BCUT2D eigenvalue weighted by atomic mass is 79.9. The molecule has 2 heterocycles. The number of carboxylic acids is 1. The third kappa shape index (κ3) is 3.83. The molecule has 0 radical (unpaired) electrons. The number of nitrogens with zero attached hydrogens (tertiary/aromatic N) is 2. The minimum atomic E-state index is -1.23. The van der Waals surface area contributed by atoms with Gasteiger partial charge in [0.1, 0.15) is 6.54 Å². The van der Waals surface area contributed by atoms with E-state index in [0.717, 1.165) is 43.8 Å². The van der Waals surface area contributed by atoms with E-state index in [1.807, 2.05) is 42.7 Å². The summed E-state index contributed by atoms with van der Waals surface area (Å²) in [6.07, 6.45) is 1.62. The third-order valence-corrected chi connectivity index (χ3v) is 6.23. The second-order valence-corrected chi connectivity index (χ2v) is 8.18. The zero-order valence-corrected chi connectivity index (χ0v) is 17.5. The number of thioether (sulfide) groups is 1. The van der Waals surface area contributed by atoms with Crippen LogP contribution in [0.25, 0.3) is 11.8 Å². The van der Waals surface area contributed by atoms with E-state index in [-0.39, 0.29) is 4.91 Å². The number of imide groups is 1. The van der Waals surface area contributed by atoms with Crippen LogP contribution in [0.5, 0.6) is 0 Å². The monoisotopic (exact) mass is 468 g/mol. The van der Waals surface area contributed by atoms with Crippen molar-refractivity contribution in [2.45, 2.75) is 13.8 Å². The van der Waals surface area contributed by atoms with E-state index in [1.165, 1.54) is 0 Å². The summed E-state index contributed by atoms with van der Waals surface area (Å²) in [7, 11) is 0. The first-order chi connectivity index (χ1) is 12.7. The fourth-order valence-electron chi connectivity index (χ4n) is 2.87. The molecule has 1 fully saturated rings. The van der Waals surface area contributed by atoms with Gasteiger partial charge in [0.15, 0.2) is 0 Å². The number of benzene rings is 1. The summed E-state index contributed by atoms with van der Waals surface area (Å²) in [5.74, 6) is -1.83. The summed E-state index contributed by atoms with van der Waals surface area (Å²) >= 11 is 10.3. The van der Waals surface area contributed by atoms with Crippen molar-refractivity contribution in [2.24, 2.45) is 0 Å². The molecule has 1 saturated heterocycles. The number of aryl methyl sites for hydroxylation is 1. The number of carbonyl (C=O) groups is 3. The van der Waals surface area contributed by atoms with Gasteiger partial charge in [0.2, 0.25) is 0 Å². The number of aromatic nitrogens is 1. The molecule has 1 aliphatic rings. The van der Waals surface area contributed by atoms with E-state index in [1.54, 1.807) is 6.08 Å². The highest BCUT2D eigenvalue weighted by Gasteiger charge is 2.36. The lowest BCUT2D eigenvalue weighted by atomic mass is 10.2. The Kier molecular flexibility index (Phi) is 5.50. The van der Waals surface area contributed by atoms with Crippen LogP contribution < -0.4 is 0 Å². The average molecular weight is 470 g/mol. The van der Waals surface area contributed by atoms with E-state index < -0.39 is 23.7 Å². The first kappa shape index (κ1) is 19.7. The van der Waals surface area contributed by atoms with Gasteiger partial charge in [-0.1, -0.05) is 11.6 Å². The number of rotatable bonds is 4. The van der Waals surface area contributed by atoms with Gasteiger partial charge in [0, 0.05) is 21.5 Å². The predicted octanol–water partition coefficient (Wildman–Crippen LogP) is 4.63. The Morgan fingerprint density at radius 3 is 2.63 bits per heavy atom. The minimum Gasteiger partial charge on any atom is -0.480 e. The van der Waals surface area contributed by atoms with Gasteiger partial charge in [-0.25, -0.2) is 0 Å². The average Bonchev–Trinajstić information content (AvgIpc) is 3.01. The topological polar surface area (TPSA) is 79.6 Å². The zero-order valence-electron chi connectivity index (χ0n) is 14.3. The smallest absolute Gasteiger partial charge is 0.323 e. The Morgan fingerprint density at radius 2 is 2.00 bits per heavy atom. The van der Waals surface area contributed by atoms with Gasteiger partial charge in [-0.05, 0) is 77.4 Å². The Bertz CT molecular complexity index is 1020. The van der Waals surface area contributed by atoms with Gasteiger partial charge < -0.3 is 9.67 Å². The molecule has 2 amide bonds. The van der Waals surface area contributed by atoms with Crippen molar-refractivity contribution in [2.75, 3.05) is 6.54 Å². The number of halogens is 2. The van der Waals surface area contributed by atoms with Crippen molar-refractivity contribution in [3.05, 3.63) is 55.6 Å². The molecule has 0 saturated carbocycles. The van der Waals surface area contributed by atoms with Crippen molar-refractivity contribution in [1.82, 2.24) is 9.47 Å². The summed E-state index contributed by atoms with van der Waals surface area (Å²) in [5.41, 5.74) is 3.45. The molecule has 0 spiro atoms. The van der Waals surface area contributed by atoms with E-state index in [4.69, 9.17) is 16.7 Å². The maximum Gasteiger partial charge on any atom is 0.323 e. The maximum atomic E-state index is 12.3. The molecular formula is C18H14BrClN2O4S. The van der Waals surface area contributed by atoms with Crippen LogP contribution in [-0.2, 0) is 9.59 Å². The Balaban J connectivity index is 1.99. The predicted molar refractivity (Wildman–Crippen MR) is 108 cm³/mol. The van der Waals surface area contributed by atoms with Crippen LogP contribution in [0.15, 0.2) is 33.6 Å². The normalized spacial score (nSPS) is 15.9. The molecular weight excluding hydrogens is 456 g/mol. The number of carboxylic acid groups (broad SMARTS) is 1. The molecule has 2 aromatic rings. The number of hydrogen-bond acceptors (Lipinski definition) is 4. The number of hydrogen-bond donors (Lipinski definition) is 1.